The number of rotatable bonds is 8. The molecule has 0 aromatic carbocycles. The van der Waals surface area contributed by atoms with E-state index in [1.165, 1.54) is 0 Å². The van der Waals surface area contributed by atoms with Crippen molar-refractivity contribution < 1.29 is 14.3 Å². The van der Waals surface area contributed by atoms with Gasteiger partial charge in [0.2, 0.25) is 0 Å². The number of methoxy groups -OCH3 is 1. The molecule has 2 aromatic heterocycles. The number of piperidine rings is 1. The van der Waals surface area contributed by atoms with E-state index in [0.29, 0.717) is 37.7 Å². The molecule has 8 nitrogen and oxygen atoms in total. The molecule has 0 saturated carbocycles. The molecule has 0 N–H and O–H groups in total. The van der Waals surface area contributed by atoms with Gasteiger partial charge in [0.15, 0.2) is 10.6 Å². The summed E-state index contributed by atoms with van der Waals surface area (Å²) in [7, 11) is 1.67. The number of ether oxygens (including phenoxy) is 2. The predicted octanol–water partition coefficient (Wildman–Crippen LogP) is 2.36. The highest BCUT2D eigenvalue weighted by atomic mass is 32.1. The second-order valence-corrected chi connectivity index (χ2v) is 7.16. The Morgan fingerprint density at radius 1 is 1.36 bits per heavy atom. The van der Waals surface area contributed by atoms with Crippen LogP contribution in [0.25, 0.3) is 11.4 Å². The van der Waals surface area contributed by atoms with Crippen LogP contribution in [-0.4, -0.2) is 63.6 Å². The second-order valence-electron chi connectivity index (χ2n) is 6.80. The average molecular weight is 406 g/mol. The zero-order chi connectivity index (χ0) is 19.9. The molecule has 0 amide bonds. The van der Waals surface area contributed by atoms with Crippen molar-refractivity contribution in [1.29, 1.82) is 0 Å². The molecule has 3 rings (SSSR count). The lowest BCUT2D eigenvalue weighted by atomic mass is 9.99. The number of aromatic nitrogens is 4. The fraction of sp³-hybridized carbons (Fsp3) is 0.579. The Hall–Kier alpha value is -2.10. The van der Waals surface area contributed by atoms with Gasteiger partial charge in [-0.05, 0) is 50.7 Å². The number of esters is 1. The molecule has 1 aliphatic heterocycles. The Balaban J connectivity index is 1.81. The summed E-state index contributed by atoms with van der Waals surface area (Å²) in [5, 5.41) is 4.77. The first-order chi connectivity index (χ1) is 13.6. The number of likely N-dealkylation sites (tertiary alicyclic amines) is 1. The van der Waals surface area contributed by atoms with Crippen LogP contribution < -0.4 is 0 Å². The summed E-state index contributed by atoms with van der Waals surface area (Å²) >= 11 is 5.69. The Kier molecular flexibility index (Phi) is 7.30. The van der Waals surface area contributed by atoms with Gasteiger partial charge < -0.3 is 9.47 Å². The van der Waals surface area contributed by atoms with E-state index >= 15 is 0 Å². The van der Waals surface area contributed by atoms with Crippen LogP contribution in [0.15, 0.2) is 24.5 Å². The van der Waals surface area contributed by atoms with Gasteiger partial charge in [-0.1, -0.05) is 0 Å². The van der Waals surface area contributed by atoms with Crippen molar-refractivity contribution in [1.82, 2.24) is 24.2 Å². The van der Waals surface area contributed by atoms with Crippen molar-refractivity contribution in [2.24, 2.45) is 5.92 Å². The van der Waals surface area contributed by atoms with E-state index in [1.54, 1.807) is 19.5 Å². The van der Waals surface area contributed by atoms with E-state index in [2.05, 4.69) is 9.88 Å². The van der Waals surface area contributed by atoms with E-state index in [-0.39, 0.29) is 11.9 Å². The minimum atomic E-state index is -0.112. The molecule has 2 aromatic rings. The molecule has 3 heterocycles. The first-order valence-electron chi connectivity index (χ1n) is 9.60. The molecule has 1 saturated heterocycles. The van der Waals surface area contributed by atoms with Gasteiger partial charge >= 0.3 is 5.97 Å². The fourth-order valence-corrected chi connectivity index (χ4v) is 3.73. The van der Waals surface area contributed by atoms with Crippen molar-refractivity contribution in [3.8, 4) is 11.4 Å². The van der Waals surface area contributed by atoms with Gasteiger partial charge in [-0.2, -0.15) is 5.10 Å². The predicted molar refractivity (Wildman–Crippen MR) is 107 cm³/mol. The molecule has 0 unspecified atom stereocenters. The van der Waals surface area contributed by atoms with E-state index in [0.717, 1.165) is 30.8 Å². The normalized spacial score (nSPS) is 17.6. The van der Waals surface area contributed by atoms with Crippen molar-refractivity contribution in [3.63, 3.8) is 0 Å². The van der Waals surface area contributed by atoms with Crippen LogP contribution in [0.2, 0.25) is 0 Å². The third-order valence-corrected chi connectivity index (χ3v) is 5.27. The number of carbonyl (C=O) groups excluding carboxylic acids is 1. The average Bonchev–Trinajstić information content (AvgIpc) is 3.03. The van der Waals surface area contributed by atoms with E-state index in [1.807, 2.05) is 28.3 Å². The Bertz CT molecular complexity index is 836. The van der Waals surface area contributed by atoms with Crippen LogP contribution in [0.4, 0.5) is 0 Å². The molecule has 1 atom stereocenters. The van der Waals surface area contributed by atoms with Gasteiger partial charge in [-0.15, -0.1) is 0 Å². The van der Waals surface area contributed by atoms with Gasteiger partial charge in [-0.3, -0.25) is 19.2 Å². The SMILES string of the molecule is CCOC(=O)[C@H]1CCCN(Cn2nc(-c3ccncc3)n(CCOC)c2=S)C1. The third kappa shape index (κ3) is 4.84. The van der Waals surface area contributed by atoms with Crippen LogP contribution in [0.1, 0.15) is 19.8 Å². The van der Waals surface area contributed by atoms with Crippen LogP contribution in [0, 0.1) is 10.7 Å². The molecule has 0 spiro atoms. The van der Waals surface area contributed by atoms with Crippen LogP contribution in [-0.2, 0) is 27.5 Å². The molecular formula is C19H27N5O3S. The topological polar surface area (TPSA) is 74.4 Å². The Morgan fingerprint density at radius 3 is 2.86 bits per heavy atom. The Morgan fingerprint density at radius 2 is 2.14 bits per heavy atom. The molecule has 1 fully saturated rings. The van der Waals surface area contributed by atoms with Crippen LogP contribution in [0.5, 0.6) is 0 Å². The highest BCUT2D eigenvalue weighted by molar-refractivity contribution is 7.71. The van der Waals surface area contributed by atoms with Crippen molar-refractivity contribution >= 4 is 18.2 Å². The number of carbonyl (C=O) groups is 1. The molecule has 1 aliphatic rings. The lowest BCUT2D eigenvalue weighted by molar-refractivity contribution is -0.150. The molecule has 28 heavy (non-hydrogen) atoms. The lowest BCUT2D eigenvalue weighted by Gasteiger charge is -2.31. The van der Waals surface area contributed by atoms with Gasteiger partial charge in [-0.25, -0.2) is 4.68 Å². The fourth-order valence-electron chi connectivity index (χ4n) is 3.46. The van der Waals surface area contributed by atoms with E-state index in [9.17, 15) is 4.79 Å². The first-order valence-corrected chi connectivity index (χ1v) is 10.0. The molecule has 0 radical (unpaired) electrons. The molecule has 152 valence electrons. The van der Waals surface area contributed by atoms with Crippen molar-refractivity contribution in [2.75, 3.05) is 33.4 Å². The molecule has 0 aliphatic carbocycles. The number of hydrogen-bond acceptors (Lipinski definition) is 7. The van der Waals surface area contributed by atoms with Crippen molar-refractivity contribution in [3.05, 3.63) is 29.3 Å². The van der Waals surface area contributed by atoms with Crippen molar-refractivity contribution in [2.45, 2.75) is 33.0 Å². The summed E-state index contributed by atoms with van der Waals surface area (Å²) in [4.78, 5) is 18.4. The standard InChI is InChI=1S/C19H27N5O3S/c1-3-27-18(25)16-5-4-10-22(13-16)14-24-19(28)23(11-12-26-2)17(21-24)15-6-8-20-9-7-15/h6-9,16H,3-5,10-14H2,1-2H3/t16-/m0/s1. The van der Waals surface area contributed by atoms with Crippen LogP contribution in [0.3, 0.4) is 0 Å². The summed E-state index contributed by atoms with van der Waals surface area (Å²) in [5.41, 5.74) is 0.957. The molecular weight excluding hydrogens is 378 g/mol. The summed E-state index contributed by atoms with van der Waals surface area (Å²) in [6.45, 7) is 5.55. The molecule has 9 heteroatoms. The summed E-state index contributed by atoms with van der Waals surface area (Å²) in [5.74, 6) is 0.598. The smallest absolute Gasteiger partial charge is 0.310 e. The zero-order valence-electron chi connectivity index (χ0n) is 16.4. The van der Waals surface area contributed by atoms with E-state index in [4.69, 9.17) is 26.8 Å². The monoisotopic (exact) mass is 405 g/mol. The second kappa shape index (κ2) is 9.90. The first kappa shape index (κ1) is 20.6. The highest BCUT2D eigenvalue weighted by Crippen LogP contribution is 2.21. The Labute approximate surface area is 170 Å². The maximum Gasteiger partial charge on any atom is 0.310 e. The summed E-state index contributed by atoms with van der Waals surface area (Å²) < 4.78 is 14.9. The van der Waals surface area contributed by atoms with Gasteiger partial charge in [0.25, 0.3) is 0 Å². The number of pyridine rings is 1. The summed E-state index contributed by atoms with van der Waals surface area (Å²) in [6, 6.07) is 3.84. The third-order valence-electron chi connectivity index (χ3n) is 4.84. The largest absolute Gasteiger partial charge is 0.466 e. The van der Waals surface area contributed by atoms with Gasteiger partial charge in [0.1, 0.15) is 0 Å². The highest BCUT2D eigenvalue weighted by Gasteiger charge is 2.27. The van der Waals surface area contributed by atoms with E-state index < -0.39 is 0 Å². The summed E-state index contributed by atoms with van der Waals surface area (Å²) in [6.07, 6.45) is 5.31. The maximum atomic E-state index is 12.1. The maximum absolute atomic E-state index is 12.1. The number of nitrogens with zero attached hydrogens (tertiary/aromatic N) is 5. The zero-order valence-corrected chi connectivity index (χ0v) is 17.2. The number of hydrogen-bond donors (Lipinski definition) is 0. The molecule has 0 bridgehead atoms. The minimum Gasteiger partial charge on any atom is -0.466 e. The van der Waals surface area contributed by atoms with Gasteiger partial charge in [0.05, 0.1) is 32.3 Å². The lowest BCUT2D eigenvalue weighted by Crippen LogP contribution is -2.40. The van der Waals surface area contributed by atoms with Crippen LogP contribution >= 0.6 is 12.2 Å². The quantitative estimate of drug-likeness (QED) is 0.493. The van der Waals surface area contributed by atoms with Gasteiger partial charge in [0, 0.05) is 31.6 Å². The minimum absolute atomic E-state index is 0.0851.